The summed E-state index contributed by atoms with van der Waals surface area (Å²) in [6.07, 6.45) is 3.44. The third-order valence-electron chi connectivity index (χ3n) is 3.28. The quantitative estimate of drug-likeness (QED) is 0.783. The van der Waals surface area contributed by atoms with Crippen LogP contribution in [0.15, 0.2) is 54.2 Å². The fourth-order valence-corrected chi connectivity index (χ4v) is 2.91. The molecular weight excluding hydrogens is 310 g/mol. The van der Waals surface area contributed by atoms with Crippen LogP contribution >= 0.6 is 11.3 Å². The number of aromatic nitrogens is 2. The number of hydrogen-bond acceptors (Lipinski definition) is 5. The Morgan fingerprint density at radius 1 is 1.26 bits per heavy atom. The van der Waals surface area contributed by atoms with E-state index < -0.39 is 0 Å². The predicted molar refractivity (Wildman–Crippen MR) is 89.5 cm³/mol. The molecule has 5 nitrogen and oxygen atoms in total. The number of carbonyl (C=O) groups excluding carboxylic acids is 1. The van der Waals surface area contributed by atoms with Gasteiger partial charge in [0.1, 0.15) is 16.5 Å². The number of rotatable bonds is 5. The standard InChI is InChI=1S/C17H15N3O2S/c1-22-15-7-3-2-5-12(15)10-19-16(21)14-11-23-17(20-14)13-6-4-8-18-9-13/h2-9,11H,10H2,1H3,(H,19,21). The number of nitrogens with one attached hydrogen (secondary N) is 1. The van der Waals surface area contributed by atoms with E-state index in [1.807, 2.05) is 36.4 Å². The number of hydrogen-bond donors (Lipinski definition) is 1. The normalized spacial score (nSPS) is 10.3. The lowest BCUT2D eigenvalue weighted by Gasteiger charge is -2.08. The number of para-hydroxylation sites is 1. The molecule has 2 heterocycles. The number of ether oxygens (including phenoxy) is 1. The first-order valence-electron chi connectivity index (χ1n) is 7.04. The summed E-state index contributed by atoms with van der Waals surface area (Å²) in [5.74, 6) is 0.546. The van der Waals surface area contributed by atoms with Crippen LogP contribution in [0.2, 0.25) is 0 Å². The number of pyridine rings is 1. The maximum atomic E-state index is 12.2. The highest BCUT2D eigenvalue weighted by Crippen LogP contribution is 2.23. The lowest BCUT2D eigenvalue weighted by Crippen LogP contribution is -2.23. The predicted octanol–water partition coefficient (Wildman–Crippen LogP) is 3.14. The first-order valence-corrected chi connectivity index (χ1v) is 7.92. The van der Waals surface area contributed by atoms with E-state index in [0.29, 0.717) is 12.2 Å². The summed E-state index contributed by atoms with van der Waals surface area (Å²) in [7, 11) is 1.61. The molecule has 0 unspecified atom stereocenters. The fourth-order valence-electron chi connectivity index (χ4n) is 2.11. The molecule has 0 bridgehead atoms. The lowest BCUT2D eigenvalue weighted by atomic mass is 10.2. The van der Waals surface area contributed by atoms with Crippen molar-refractivity contribution in [1.29, 1.82) is 0 Å². The van der Waals surface area contributed by atoms with Crippen molar-refractivity contribution in [2.45, 2.75) is 6.54 Å². The van der Waals surface area contributed by atoms with Gasteiger partial charge in [0, 0.05) is 35.4 Å². The average molecular weight is 325 g/mol. The average Bonchev–Trinajstić information content (AvgIpc) is 3.11. The van der Waals surface area contributed by atoms with Crippen molar-refractivity contribution < 1.29 is 9.53 Å². The number of thiazole rings is 1. The summed E-state index contributed by atoms with van der Waals surface area (Å²) < 4.78 is 5.27. The molecule has 0 fully saturated rings. The van der Waals surface area contributed by atoms with Crippen LogP contribution in [0, 0.1) is 0 Å². The zero-order valence-corrected chi connectivity index (χ0v) is 13.3. The van der Waals surface area contributed by atoms with E-state index in [1.54, 1.807) is 24.9 Å². The van der Waals surface area contributed by atoms with Crippen LogP contribution in [0.4, 0.5) is 0 Å². The van der Waals surface area contributed by atoms with Gasteiger partial charge in [-0.25, -0.2) is 4.98 Å². The van der Waals surface area contributed by atoms with E-state index in [0.717, 1.165) is 21.9 Å². The number of nitrogens with zero attached hydrogens (tertiary/aromatic N) is 2. The summed E-state index contributed by atoms with van der Waals surface area (Å²) >= 11 is 1.42. The van der Waals surface area contributed by atoms with Gasteiger partial charge in [-0.05, 0) is 18.2 Å². The topological polar surface area (TPSA) is 64.1 Å². The Balaban J connectivity index is 1.68. The third-order valence-corrected chi connectivity index (χ3v) is 4.17. The third kappa shape index (κ3) is 3.54. The second-order valence-corrected chi connectivity index (χ2v) is 5.63. The first kappa shape index (κ1) is 15.2. The maximum absolute atomic E-state index is 12.2. The number of amides is 1. The van der Waals surface area contributed by atoms with Crippen molar-refractivity contribution >= 4 is 17.2 Å². The molecule has 6 heteroatoms. The summed E-state index contributed by atoms with van der Waals surface area (Å²) in [5.41, 5.74) is 2.23. The van der Waals surface area contributed by atoms with E-state index >= 15 is 0 Å². The number of methoxy groups -OCH3 is 1. The van der Waals surface area contributed by atoms with Gasteiger partial charge >= 0.3 is 0 Å². The molecular formula is C17H15N3O2S. The van der Waals surface area contributed by atoms with Crippen molar-refractivity contribution in [2.75, 3.05) is 7.11 Å². The molecule has 116 valence electrons. The molecule has 23 heavy (non-hydrogen) atoms. The molecule has 3 rings (SSSR count). The molecule has 0 saturated heterocycles. The lowest BCUT2D eigenvalue weighted by molar-refractivity contribution is 0.0946. The Morgan fingerprint density at radius 3 is 2.91 bits per heavy atom. The summed E-state index contributed by atoms with van der Waals surface area (Å²) in [5, 5.41) is 5.39. The van der Waals surface area contributed by atoms with Gasteiger partial charge in [0.25, 0.3) is 5.91 Å². The van der Waals surface area contributed by atoms with E-state index in [4.69, 9.17) is 4.74 Å². The van der Waals surface area contributed by atoms with Crippen molar-refractivity contribution in [3.8, 4) is 16.3 Å². The van der Waals surface area contributed by atoms with E-state index in [-0.39, 0.29) is 5.91 Å². The van der Waals surface area contributed by atoms with Gasteiger partial charge in [-0.3, -0.25) is 9.78 Å². The van der Waals surface area contributed by atoms with Crippen molar-refractivity contribution in [3.63, 3.8) is 0 Å². The minimum absolute atomic E-state index is 0.206. The van der Waals surface area contributed by atoms with E-state index in [1.165, 1.54) is 11.3 Å². The second-order valence-electron chi connectivity index (χ2n) is 4.77. The summed E-state index contributed by atoms with van der Waals surface area (Å²) in [4.78, 5) is 20.7. The van der Waals surface area contributed by atoms with Crippen LogP contribution < -0.4 is 10.1 Å². The molecule has 0 aliphatic rings. The molecule has 0 aliphatic carbocycles. The van der Waals surface area contributed by atoms with Gasteiger partial charge in [0.05, 0.1) is 7.11 Å². The SMILES string of the molecule is COc1ccccc1CNC(=O)c1csc(-c2cccnc2)n1. The maximum Gasteiger partial charge on any atom is 0.271 e. The Morgan fingerprint density at radius 2 is 2.13 bits per heavy atom. The van der Waals surface area contributed by atoms with Crippen LogP contribution in [-0.4, -0.2) is 23.0 Å². The van der Waals surface area contributed by atoms with Gasteiger partial charge in [-0.1, -0.05) is 18.2 Å². The highest BCUT2D eigenvalue weighted by atomic mass is 32.1. The van der Waals surface area contributed by atoms with Crippen molar-refractivity contribution in [3.05, 3.63) is 65.4 Å². The van der Waals surface area contributed by atoms with Crippen molar-refractivity contribution in [1.82, 2.24) is 15.3 Å². The zero-order chi connectivity index (χ0) is 16.1. The van der Waals surface area contributed by atoms with Crippen LogP contribution in [0.5, 0.6) is 5.75 Å². The molecule has 1 N–H and O–H groups in total. The van der Waals surface area contributed by atoms with Crippen LogP contribution in [-0.2, 0) is 6.54 Å². The molecule has 0 atom stereocenters. The van der Waals surface area contributed by atoms with Crippen LogP contribution in [0.3, 0.4) is 0 Å². The summed E-state index contributed by atoms with van der Waals surface area (Å²) in [6.45, 7) is 0.391. The molecule has 0 saturated carbocycles. The largest absolute Gasteiger partial charge is 0.496 e. The Hall–Kier alpha value is -2.73. The highest BCUT2D eigenvalue weighted by Gasteiger charge is 2.12. The number of carbonyl (C=O) groups is 1. The summed E-state index contributed by atoms with van der Waals surface area (Å²) in [6, 6.07) is 11.4. The number of benzene rings is 1. The van der Waals surface area contributed by atoms with E-state index in [2.05, 4.69) is 15.3 Å². The van der Waals surface area contributed by atoms with Gasteiger partial charge in [-0.15, -0.1) is 11.3 Å². The molecule has 0 aliphatic heterocycles. The fraction of sp³-hybridized carbons (Fsp3) is 0.118. The van der Waals surface area contributed by atoms with Gasteiger partial charge in [-0.2, -0.15) is 0 Å². The first-order chi connectivity index (χ1) is 11.3. The van der Waals surface area contributed by atoms with Gasteiger partial charge in [0.15, 0.2) is 0 Å². The molecule has 0 spiro atoms. The highest BCUT2D eigenvalue weighted by molar-refractivity contribution is 7.13. The molecule has 1 amide bonds. The smallest absolute Gasteiger partial charge is 0.271 e. The minimum atomic E-state index is -0.206. The molecule has 3 aromatic rings. The Bertz CT molecular complexity index is 802. The molecule has 1 aromatic carbocycles. The molecule has 0 radical (unpaired) electrons. The van der Waals surface area contributed by atoms with Gasteiger partial charge < -0.3 is 10.1 Å². The van der Waals surface area contributed by atoms with Crippen LogP contribution in [0.25, 0.3) is 10.6 Å². The zero-order valence-electron chi connectivity index (χ0n) is 12.5. The Kier molecular flexibility index (Phi) is 4.63. The Labute approximate surface area is 138 Å². The van der Waals surface area contributed by atoms with Crippen LogP contribution in [0.1, 0.15) is 16.1 Å². The van der Waals surface area contributed by atoms with E-state index in [9.17, 15) is 4.79 Å². The monoisotopic (exact) mass is 325 g/mol. The van der Waals surface area contributed by atoms with Crippen molar-refractivity contribution in [2.24, 2.45) is 0 Å². The minimum Gasteiger partial charge on any atom is -0.496 e. The molecule has 2 aromatic heterocycles. The second kappa shape index (κ2) is 7.02. The van der Waals surface area contributed by atoms with Gasteiger partial charge in [0.2, 0.25) is 0 Å².